The maximum atomic E-state index is 6.01. The quantitative estimate of drug-likeness (QED) is 0.794. The lowest BCUT2D eigenvalue weighted by atomic mass is 10.3. The molecule has 0 fully saturated rings. The summed E-state index contributed by atoms with van der Waals surface area (Å²) in [6.45, 7) is 1.75. The Labute approximate surface area is 101 Å². The van der Waals surface area contributed by atoms with E-state index >= 15 is 0 Å². The number of tetrazole rings is 1. The maximum Gasteiger partial charge on any atom is 0.153 e. The highest BCUT2D eigenvalue weighted by Gasteiger charge is 2.13. The highest BCUT2D eigenvalue weighted by Crippen LogP contribution is 2.31. The Balaban J connectivity index is 2.68. The largest absolute Gasteiger partial charge is 0.195 e. The summed E-state index contributed by atoms with van der Waals surface area (Å²) in [4.78, 5) is 0. The Bertz CT molecular complexity index is 485. The smallest absolute Gasteiger partial charge is 0.153 e. The van der Waals surface area contributed by atoms with Gasteiger partial charge in [0.25, 0.3) is 0 Å². The van der Waals surface area contributed by atoms with Crippen LogP contribution in [0.15, 0.2) is 12.1 Å². The summed E-state index contributed by atoms with van der Waals surface area (Å²) in [6.07, 6.45) is 0. The van der Waals surface area contributed by atoms with Gasteiger partial charge in [0.05, 0.1) is 10.0 Å². The zero-order valence-corrected chi connectivity index (χ0v) is 9.85. The molecule has 1 aromatic carbocycles. The predicted molar refractivity (Wildman–Crippen MR) is 58.9 cm³/mol. The Morgan fingerprint density at radius 3 is 2.20 bits per heavy atom. The van der Waals surface area contributed by atoms with Gasteiger partial charge in [-0.15, -0.1) is 5.10 Å². The summed E-state index contributed by atoms with van der Waals surface area (Å²) in [5.74, 6) is 0.598. The number of halogens is 3. The van der Waals surface area contributed by atoms with Crippen molar-refractivity contribution in [1.82, 2.24) is 20.2 Å². The molecule has 0 saturated heterocycles. The maximum absolute atomic E-state index is 6.01. The van der Waals surface area contributed by atoms with Gasteiger partial charge in [0.15, 0.2) is 5.82 Å². The fourth-order valence-corrected chi connectivity index (χ4v) is 2.15. The van der Waals surface area contributed by atoms with Crippen LogP contribution in [0, 0.1) is 6.92 Å². The van der Waals surface area contributed by atoms with Gasteiger partial charge in [0.2, 0.25) is 0 Å². The van der Waals surface area contributed by atoms with Crippen LogP contribution in [0.2, 0.25) is 15.1 Å². The number of nitrogens with zero attached hydrogens (tertiary/aromatic N) is 4. The first kappa shape index (κ1) is 10.7. The van der Waals surface area contributed by atoms with Gasteiger partial charge in [-0.05, 0) is 29.5 Å². The van der Waals surface area contributed by atoms with E-state index in [4.69, 9.17) is 34.8 Å². The molecule has 0 radical (unpaired) electrons. The van der Waals surface area contributed by atoms with E-state index in [1.165, 1.54) is 4.68 Å². The van der Waals surface area contributed by atoms with Gasteiger partial charge in [-0.2, -0.15) is 4.68 Å². The van der Waals surface area contributed by atoms with E-state index in [0.717, 1.165) is 0 Å². The molecule has 0 atom stereocenters. The summed E-state index contributed by atoms with van der Waals surface area (Å²) in [6, 6.07) is 3.18. The number of rotatable bonds is 1. The lowest BCUT2D eigenvalue weighted by Gasteiger charge is -2.07. The molecule has 2 aromatic rings. The minimum atomic E-state index is 0.405. The number of hydrogen-bond donors (Lipinski definition) is 0. The minimum Gasteiger partial charge on any atom is -0.195 e. The van der Waals surface area contributed by atoms with Crippen molar-refractivity contribution in [3.05, 3.63) is 33.0 Å². The van der Waals surface area contributed by atoms with Crippen LogP contribution in [0.5, 0.6) is 0 Å². The molecular formula is C8H5Cl3N4. The van der Waals surface area contributed by atoms with Gasteiger partial charge in [-0.25, -0.2) is 0 Å². The molecule has 78 valence electrons. The Morgan fingerprint density at radius 2 is 1.73 bits per heavy atom. The summed E-state index contributed by atoms with van der Waals surface area (Å²) >= 11 is 17.8. The lowest BCUT2D eigenvalue weighted by molar-refractivity contribution is 0.780. The van der Waals surface area contributed by atoms with Crippen LogP contribution in [0.25, 0.3) is 5.69 Å². The molecule has 1 heterocycles. The van der Waals surface area contributed by atoms with E-state index in [2.05, 4.69) is 15.5 Å². The third-order valence-corrected chi connectivity index (χ3v) is 2.61. The SMILES string of the molecule is Cc1nnnn1-c1c(Cl)cc(Cl)cc1Cl. The number of hydrogen-bond acceptors (Lipinski definition) is 3. The zero-order valence-electron chi connectivity index (χ0n) is 7.58. The number of benzene rings is 1. The van der Waals surface area contributed by atoms with Gasteiger partial charge in [0, 0.05) is 5.02 Å². The molecule has 0 unspecified atom stereocenters. The van der Waals surface area contributed by atoms with Crippen LogP contribution in [0.1, 0.15) is 5.82 Å². The molecule has 0 aliphatic carbocycles. The van der Waals surface area contributed by atoms with Crippen LogP contribution in [0.4, 0.5) is 0 Å². The second kappa shape index (κ2) is 3.96. The highest BCUT2D eigenvalue weighted by atomic mass is 35.5. The van der Waals surface area contributed by atoms with Crippen molar-refractivity contribution < 1.29 is 0 Å². The van der Waals surface area contributed by atoms with E-state index in [0.29, 0.717) is 26.6 Å². The third kappa shape index (κ3) is 1.93. The van der Waals surface area contributed by atoms with Gasteiger partial charge in [-0.1, -0.05) is 34.8 Å². The molecule has 0 N–H and O–H groups in total. The molecular weight excluding hydrogens is 258 g/mol. The van der Waals surface area contributed by atoms with Crippen molar-refractivity contribution >= 4 is 34.8 Å². The summed E-state index contributed by atoms with van der Waals surface area (Å²) in [5.41, 5.74) is 0.533. The van der Waals surface area contributed by atoms with Crippen molar-refractivity contribution in [3.8, 4) is 5.69 Å². The van der Waals surface area contributed by atoms with Crippen molar-refractivity contribution in [3.63, 3.8) is 0 Å². The Kier molecular flexibility index (Phi) is 2.82. The normalized spacial score (nSPS) is 10.7. The van der Waals surface area contributed by atoms with Gasteiger partial charge in [0.1, 0.15) is 5.69 Å². The number of aromatic nitrogens is 4. The topological polar surface area (TPSA) is 43.6 Å². The summed E-state index contributed by atoms with van der Waals surface area (Å²) in [7, 11) is 0. The second-order valence-corrected chi connectivity index (χ2v) is 4.11. The van der Waals surface area contributed by atoms with E-state index < -0.39 is 0 Å². The Morgan fingerprint density at radius 1 is 1.13 bits per heavy atom. The van der Waals surface area contributed by atoms with Crippen LogP contribution < -0.4 is 0 Å². The highest BCUT2D eigenvalue weighted by molar-refractivity contribution is 6.40. The lowest BCUT2D eigenvalue weighted by Crippen LogP contribution is -2.01. The molecule has 4 nitrogen and oxygen atoms in total. The van der Waals surface area contributed by atoms with Gasteiger partial charge < -0.3 is 0 Å². The zero-order chi connectivity index (χ0) is 11.0. The monoisotopic (exact) mass is 262 g/mol. The Hall–Kier alpha value is -0.840. The molecule has 0 spiro atoms. The average molecular weight is 264 g/mol. The molecule has 7 heteroatoms. The summed E-state index contributed by atoms with van der Waals surface area (Å²) in [5, 5.41) is 12.3. The standard InChI is InChI=1S/C8H5Cl3N4/c1-4-12-13-14-15(4)8-6(10)2-5(9)3-7(8)11/h2-3H,1H3. The van der Waals surface area contributed by atoms with Crippen LogP contribution >= 0.6 is 34.8 Å². The van der Waals surface area contributed by atoms with Crippen LogP contribution in [-0.4, -0.2) is 20.2 Å². The molecule has 2 rings (SSSR count). The number of aryl methyl sites for hydroxylation is 1. The molecule has 0 saturated carbocycles. The molecule has 0 bridgehead atoms. The minimum absolute atomic E-state index is 0.405. The predicted octanol–water partition coefficient (Wildman–Crippen LogP) is 2.93. The van der Waals surface area contributed by atoms with Crippen molar-refractivity contribution in [2.75, 3.05) is 0 Å². The van der Waals surface area contributed by atoms with Crippen molar-refractivity contribution in [2.24, 2.45) is 0 Å². The first-order valence-electron chi connectivity index (χ1n) is 3.99. The first-order chi connectivity index (χ1) is 7.09. The average Bonchev–Trinajstić information content (AvgIpc) is 2.50. The fraction of sp³-hybridized carbons (Fsp3) is 0.125. The van der Waals surface area contributed by atoms with Crippen LogP contribution in [0.3, 0.4) is 0 Å². The van der Waals surface area contributed by atoms with Crippen molar-refractivity contribution in [1.29, 1.82) is 0 Å². The molecule has 0 amide bonds. The third-order valence-electron chi connectivity index (χ3n) is 1.82. The first-order valence-corrected chi connectivity index (χ1v) is 5.13. The van der Waals surface area contributed by atoms with Crippen LogP contribution in [-0.2, 0) is 0 Å². The van der Waals surface area contributed by atoms with Gasteiger partial charge >= 0.3 is 0 Å². The van der Waals surface area contributed by atoms with Gasteiger partial charge in [-0.3, -0.25) is 0 Å². The molecule has 0 aliphatic heterocycles. The van der Waals surface area contributed by atoms with E-state index in [1.807, 2.05) is 0 Å². The molecule has 1 aromatic heterocycles. The molecule has 0 aliphatic rings. The van der Waals surface area contributed by atoms with E-state index in [1.54, 1.807) is 19.1 Å². The second-order valence-electron chi connectivity index (χ2n) is 2.86. The summed E-state index contributed by atoms with van der Waals surface area (Å²) < 4.78 is 1.46. The van der Waals surface area contributed by atoms with Crippen molar-refractivity contribution in [2.45, 2.75) is 6.92 Å². The fourth-order valence-electron chi connectivity index (χ4n) is 1.18. The van der Waals surface area contributed by atoms with E-state index in [-0.39, 0.29) is 0 Å². The molecule has 15 heavy (non-hydrogen) atoms. The van der Waals surface area contributed by atoms with E-state index in [9.17, 15) is 0 Å².